The number of piperidine rings is 2. The van der Waals surface area contributed by atoms with Crippen LogP contribution in [0.15, 0.2) is 18.2 Å². The number of anilines is 1. The number of nitrogens with zero attached hydrogens (tertiary/aromatic N) is 3. The number of imide groups is 2. The summed E-state index contributed by atoms with van der Waals surface area (Å²) in [5.74, 6) is -1.02. The monoisotopic (exact) mass is 465 g/mol. The molecule has 0 bridgehead atoms. The van der Waals surface area contributed by atoms with Gasteiger partial charge in [0.1, 0.15) is 6.04 Å². The lowest BCUT2D eigenvalue weighted by Crippen LogP contribution is -2.54. The molecule has 34 heavy (non-hydrogen) atoms. The average Bonchev–Trinajstić information content (AvgIpc) is 3.42. The van der Waals surface area contributed by atoms with Crippen LogP contribution in [0.3, 0.4) is 0 Å². The van der Waals surface area contributed by atoms with Crippen molar-refractivity contribution in [2.24, 2.45) is 11.3 Å². The van der Waals surface area contributed by atoms with Gasteiger partial charge in [-0.15, -0.1) is 0 Å². The van der Waals surface area contributed by atoms with Crippen LogP contribution in [0.2, 0.25) is 0 Å². The first-order valence-corrected chi connectivity index (χ1v) is 12.5. The molecule has 1 aromatic carbocycles. The van der Waals surface area contributed by atoms with Crippen LogP contribution in [0.4, 0.5) is 5.69 Å². The molecule has 0 aromatic heterocycles. The minimum atomic E-state index is -0.928. The van der Waals surface area contributed by atoms with E-state index in [4.69, 9.17) is 0 Å². The Bertz CT molecular complexity index is 1060. The average molecular weight is 466 g/mol. The Morgan fingerprint density at radius 2 is 1.68 bits per heavy atom. The molecular weight excluding hydrogens is 434 g/mol. The predicted octanol–water partition coefficient (Wildman–Crippen LogP) is 0.600. The molecule has 1 aliphatic carbocycles. The molecule has 6 rings (SSSR count). The standard InChI is InChI=1S/C25H31N5O4/c31-21-4-3-20(22(32)27-21)30-23(33)18-2-1-17(13-19(18)24(30)34)29-11-9-28(10-12-29)15-16-14-25(16)5-7-26-8-6-25/h1-2,13,16,20,26H,3-12,14-15H2,(H,27,31,32). The zero-order valence-electron chi connectivity index (χ0n) is 19.3. The van der Waals surface area contributed by atoms with Crippen LogP contribution in [0.1, 0.15) is 52.8 Å². The quantitative estimate of drug-likeness (QED) is 0.628. The van der Waals surface area contributed by atoms with E-state index in [0.29, 0.717) is 16.5 Å². The van der Waals surface area contributed by atoms with Crippen molar-refractivity contribution in [3.8, 4) is 0 Å². The van der Waals surface area contributed by atoms with Gasteiger partial charge >= 0.3 is 0 Å². The molecule has 2 unspecified atom stereocenters. The van der Waals surface area contributed by atoms with Crippen LogP contribution in [-0.4, -0.2) is 85.3 Å². The molecule has 0 radical (unpaired) electrons. The van der Waals surface area contributed by atoms with Gasteiger partial charge in [-0.1, -0.05) is 0 Å². The zero-order valence-corrected chi connectivity index (χ0v) is 19.3. The van der Waals surface area contributed by atoms with Crippen molar-refractivity contribution in [1.82, 2.24) is 20.4 Å². The van der Waals surface area contributed by atoms with Gasteiger partial charge in [-0.25, -0.2) is 0 Å². The smallest absolute Gasteiger partial charge is 0.262 e. The van der Waals surface area contributed by atoms with Crippen molar-refractivity contribution in [3.63, 3.8) is 0 Å². The second-order valence-electron chi connectivity index (χ2n) is 10.5. The lowest BCUT2D eigenvalue weighted by atomic mass is 9.92. The molecule has 1 aromatic rings. The largest absolute Gasteiger partial charge is 0.369 e. The van der Waals surface area contributed by atoms with Crippen molar-refractivity contribution < 1.29 is 19.2 Å². The highest BCUT2D eigenvalue weighted by Gasteiger charge is 2.54. The molecule has 1 saturated carbocycles. The third kappa shape index (κ3) is 3.62. The molecule has 1 spiro atoms. The zero-order chi connectivity index (χ0) is 23.4. The Balaban J connectivity index is 1.09. The molecule has 9 heteroatoms. The number of carbonyl (C=O) groups excluding carboxylic acids is 4. The summed E-state index contributed by atoms with van der Waals surface area (Å²) >= 11 is 0. The summed E-state index contributed by atoms with van der Waals surface area (Å²) in [7, 11) is 0. The van der Waals surface area contributed by atoms with Gasteiger partial charge in [-0.2, -0.15) is 0 Å². The fourth-order valence-electron chi connectivity index (χ4n) is 6.38. The first kappa shape index (κ1) is 21.7. The van der Waals surface area contributed by atoms with Crippen LogP contribution in [0, 0.1) is 11.3 Å². The van der Waals surface area contributed by atoms with E-state index in [1.54, 1.807) is 12.1 Å². The Hall–Kier alpha value is -2.78. The van der Waals surface area contributed by atoms with Crippen LogP contribution in [0.25, 0.3) is 0 Å². The van der Waals surface area contributed by atoms with E-state index in [1.807, 2.05) is 6.07 Å². The van der Waals surface area contributed by atoms with Crippen molar-refractivity contribution in [3.05, 3.63) is 29.3 Å². The second kappa shape index (κ2) is 8.16. The van der Waals surface area contributed by atoms with Gasteiger partial charge in [0.05, 0.1) is 11.1 Å². The van der Waals surface area contributed by atoms with Gasteiger partial charge in [-0.3, -0.25) is 34.3 Å². The molecule has 2 N–H and O–H groups in total. The van der Waals surface area contributed by atoms with Gasteiger partial charge in [0, 0.05) is 44.8 Å². The summed E-state index contributed by atoms with van der Waals surface area (Å²) < 4.78 is 0. The molecule has 4 fully saturated rings. The number of fused-ring (bicyclic) bond motifs is 1. The van der Waals surface area contributed by atoms with E-state index >= 15 is 0 Å². The maximum Gasteiger partial charge on any atom is 0.262 e. The van der Waals surface area contributed by atoms with Gasteiger partial charge in [0.15, 0.2) is 0 Å². The van der Waals surface area contributed by atoms with E-state index in [9.17, 15) is 19.2 Å². The SMILES string of the molecule is O=C1CCC(N2C(=O)c3ccc(N4CCN(CC5CC56CCNCC6)CC4)cc3C2=O)C(=O)N1. The third-order valence-electron chi connectivity index (χ3n) is 8.60. The maximum atomic E-state index is 13.1. The highest BCUT2D eigenvalue weighted by Crippen LogP contribution is 2.58. The second-order valence-corrected chi connectivity index (χ2v) is 10.5. The summed E-state index contributed by atoms with van der Waals surface area (Å²) in [4.78, 5) is 55.6. The molecule has 180 valence electrons. The van der Waals surface area contributed by atoms with Gasteiger partial charge in [0.2, 0.25) is 11.8 Å². The number of hydrogen-bond acceptors (Lipinski definition) is 7. The molecule has 5 aliphatic rings. The van der Waals surface area contributed by atoms with E-state index < -0.39 is 23.8 Å². The van der Waals surface area contributed by atoms with Crippen LogP contribution >= 0.6 is 0 Å². The van der Waals surface area contributed by atoms with Crippen LogP contribution < -0.4 is 15.5 Å². The number of benzene rings is 1. The van der Waals surface area contributed by atoms with Crippen molar-refractivity contribution in [1.29, 1.82) is 0 Å². The Labute approximate surface area is 198 Å². The lowest BCUT2D eigenvalue weighted by molar-refractivity contribution is -0.136. The van der Waals surface area contributed by atoms with Gasteiger partial charge in [-0.05, 0) is 68.3 Å². The van der Waals surface area contributed by atoms with Crippen molar-refractivity contribution >= 4 is 29.3 Å². The first-order valence-electron chi connectivity index (χ1n) is 12.5. The number of rotatable bonds is 4. The number of nitrogens with one attached hydrogen (secondary N) is 2. The van der Waals surface area contributed by atoms with E-state index in [-0.39, 0.29) is 18.7 Å². The Kier molecular flexibility index (Phi) is 5.22. The predicted molar refractivity (Wildman–Crippen MR) is 124 cm³/mol. The lowest BCUT2D eigenvalue weighted by Gasteiger charge is -2.37. The number of amides is 4. The van der Waals surface area contributed by atoms with Gasteiger partial charge in [0.25, 0.3) is 11.8 Å². The molecule has 4 aliphatic heterocycles. The molecule has 3 saturated heterocycles. The summed E-state index contributed by atoms with van der Waals surface area (Å²) in [6.07, 6.45) is 4.30. The van der Waals surface area contributed by atoms with Crippen molar-refractivity contribution in [2.75, 3.05) is 50.7 Å². The summed E-state index contributed by atoms with van der Waals surface area (Å²) in [6.45, 7) is 7.27. The maximum absolute atomic E-state index is 13.1. The minimum Gasteiger partial charge on any atom is -0.369 e. The topological polar surface area (TPSA) is 102 Å². The molecule has 4 amide bonds. The fraction of sp³-hybridized carbons (Fsp3) is 0.600. The highest BCUT2D eigenvalue weighted by atomic mass is 16.2. The van der Waals surface area contributed by atoms with E-state index in [2.05, 4.69) is 20.4 Å². The number of carbonyl (C=O) groups is 4. The molecule has 4 heterocycles. The Morgan fingerprint density at radius 3 is 2.41 bits per heavy atom. The molecular formula is C25H31N5O4. The summed E-state index contributed by atoms with van der Waals surface area (Å²) in [5.41, 5.74) is 2.22. The van der Waals surface area contributed by atoms with E-state index in [0.717, 1.165) is 55.8 Å². The van der Waals surface area contributed by atoms with Crippen LogP contribution in [-0.2, 0) is 9.59 Å². The summed E-state index contributed by atoms with van der Waals surface area (Å²) in [6, 6.07) is 4.47. The third-order valence-corrected chi connectivity index (χ3v) is 8.60. The van der Waals surface area contributed by atoms with Gasteiger partial charge < -0.3 is 10.2 Å². The molecule has 2 atom stereocenters. The number of hydrogen-bond donors (Lipinski definition) is 2. The fourth-order valence-corrected chi connectivity index (χ4v) is 6.38. The number of piperazine rings is 1. The minimum absolute atomic E-state index is 0.123. The molecule has 9 nitrogen and oxygen atoms in total. The Morgan fingerprint density at radius 1 is 0.941 bits per heavy atom. The van der Waals surface area contributed by atoms with Crippen molar-refractivity contribution in [2.45, 2.75) is 38.1 Å². The van der Waals surface area contributed by atoms with Crippen LogP contribution in [0.5, 0.6) is 0 Å². The first-order chi connectivity index (χ1) is 16.4. The normalized spacial score (nSPS) is 28.9. The van der Waals surface area contributed by atoms with E-state index in [1.165, 1.54) is 25.8 Å². The summed E-state index contributed by atoms with van der Waals surface area (Å²) in [5, 5.41) is 5.71. The highest BCUT2D eigenvalue weighted by molar-refractivity contribution is 6.23.